The number of aromatic nitrogens is 3. The summed E-state index contributed by atoms with van der Waals surface area (Å²) in [4.78, 5) is 17.7. The van der Waals surface area contributed by atoms with E-state index in [0.29, 0.717) is 23.1 Å². The number of carbonyl (C=O) groups is 1. The van der Waals surface area contributed by atoms with Crippen molar-refractivity contribution in [1.29, 1.82) is 0 Å². The molecule has 0 bridgehead atoms. The molecular weight excluding hydrogens is 372 g/mol. The van der Waals surface area contributed by atoms with Gasteiger partial charge in [0.1, 0.15) is 5.82 Å². The molecule has 5 heteroatoms. The first kappa shape index (κ1) is 19.8. The summed E-state index contributed by atoms with van der Waals surface area (Å²) in [5.41, 5.74) is 5.81. The van der Waals surface area contributed by atoms with Crippen molar-refractivity contribution in [3.63, 3.8) is 0 Å². The lowest BCUT2D eigenvalue weighted by Gasteiger charge is -2.12. The van der Waals surface area contributed by atoms with Crippen LogP contribution in [0.2, 0.25) is 0 Å². The third-order valence-electron chi connectivity index (χ3n) is 5.36. The molecule has 0 aliphatic rings. The SMILES string of the molecule is Cc1cc(NC(=O)c2ccc(C(C)C)cc2)n(-c2cc(C)c3cccc(C)c3n2)n1. The normalized spacial score (nSPS) is 11.3. The number of anilines is 1. The Morgan fingerprint density at radius 2 is 1.70 bits per heavy atom. The molecule has 0 fully saturated rings. The van der Waals surface area contributed by atoms with Gasteiger partial charge in [-0.25, -0.2) is 4.98 Å². The average molecular weight is 399 g/mol. The topological polar surface area (TPSA) is 59.8 Å². The summed E-state index contributed by atoms with van der Waals surface area (Å²) < 4.78 is 1.70. The van der Waals surface area contributed by atoms with Crippen molar-refractivity contribution in [2.75, 3.05) is 5.32 Å². The van der Waals surface area contributed by atoms with E-state index in [0.717, 1.165) is 27.7 Å². The lowest BCUT2D eigenvalue weighted by atomic mass is 10.0. The molecule has 2 aromatic heterocycles. The Bertz CT molecular complexity index is 1240. The number of fused-ring (bicyclic) bond motifs is 1. The minimum absolute atomic E-state index is 0.167. The van der Waals surface area contributed by atoms with E-state index in [1.165, 1.54) is 5.56 Å². The number of para-hydroxylation sites is 1. The summed E-state index contributed by atoms with van der Waals surface area (Å²) in [5.74, 6) is 1.55. The molecule has 152 valence electrons. The standard InChI is InChI=1S/C25H26N4O/c1-15(2)19-9-11-20(12-10-19)25(30)27-23-14-18(5)28-29(23)22-13-17(4)21-8-6-7-16(3)24(21)26-22/h6-15H,1-5H3,(H,27,30). The third kappa shape index (κ3) is 3.71. The van der Waals surface area contributed by atoms with Crippen LogP contribution in [0.1, 0.15) is 52.5 Å². The highest BCUT2D eigenvalue weighted by Gasteiger charge is 2.15. The fourth-order valence-electron chi connectivity index (χ4n) is 3.62. The molecule has 30 heavy (non-hydrogen) atoms. The fourth-order valence-corrected chi connectivity index (χ4v) is 3.62. The van der Waals surface area contributed by atoms with E-state index >= 15 is 0 Å². The van der Waals surface area contributed by atoms with Crippen molar-refractivity contribution < 1.29 is 4.79 Å². The van der Waals surface area contributed by atoms with E-state index in [4.69, 9.17) is 4.98 Å². The van der Waals surface area contributed by atoms with Gasteiger partial charge >= 0.3 is 0 Å². The van der Waals surface area contributed by atoms with E-state index in [-0.39, 0.29) is 5.91 Å². The van der Waals surface area contributed by atoms with E-state index in [9.17, 15) is 4.79 Å². The number of benzene rings is 2. The van der Waals surface area contributed by atoms with Gasteiger partial charge in [-0.2, -0.15) is 9.78 Å². The van der Waals surface area contributed by atoms with Crippen molar-refractivity contribution in [1.82, 2.24) is 14.8 Å². The average Bonchev–Trinajstić information content (AvgIpc) is 3.08. The molecule has 0 aliphatic carbocycles. The lowest BCUT2D eigenvalue weighted by Crippen LogP contribution is -2.15. The van der Waals surface area contributed by atoms with Crippen LogP contribution in [0, 0.1) is 20.8 Å². The summed E-state index contributed by atoms with van der Waals surface area (Å²) in [6.45, 7) is 10.3. The Labute approximate surface area is 176 Å². The van der Waals surface area contributed by atoms with Gasteiger partial charge in [-0.05, 0) is 61.6 Å². The highest BCUT2D eigenvalue weighted by molar-refractivity contribution is 6.04. The summed E-state index contributed by atoms with van der Waals surface area (Å²) in [6, 6.07) is 17.8. The van der Waals surface area contributed by atoms with Crippen LogP contribution >= 0.6 is 0 Å². The minimum atomic E-state index is -0.167. The molecule has 0 aliphatic heterocycles. The second-order valence-corrected chi connectivity index (χ2v) is 8.08. The summed E-state index contributed by atoms with van der Waals surface area (Å²) in [7, 11) is 0. The minimum Gasteiger partial charge on any atom is -0.306 e. The smallest absolute Gasteiger partial charge is 0.256 e. The first-order chi connectivity index (χ1) is 14.3. The molecule has 1 N–H and O–H groups in total. The van der Waals surface area contributed by atoms with Gasteiger partial charge in [-0.15, -0.1) is 0 Å². The van der Waals surface area contributed by atoms with Gasteiger partial charge in [0.15, 0.2) is 5.82 Å². The molecule has 0 saturated heterocycles. The van der Waals surface area contributed by atoms with E-state index in [1.807, 2.05) is 49.4 Å². The maximum absolute atomic E-state index is 12.8. The van der Waals surface area contributed by atoms with Crippen molar-refractivity contribution in [2.45, 2.75) is 40.5 Å². The van der Waals surface area contributed by atoms with E-state index < -0.39 is 0 Å². The Balaban J connectivity index is 1.70. The monoisotopic (exact) mass is 398 g/mol. The van der Waals surface area contributed by atoms with Gasteiger partial charge in [-0.3, -0.25) is 4.79 Å². The zero-order valence-corrected chi connectivity index (χ0v) is 18.0. The molecule has 1 amide bonds. The van der Waals surface area contributed by atoms with Gasteiger partial charge in [-0.1, -0.05) is 44.2 Å². The first-order valence-electron chi connectivity index (χ1n) is 10.2. The number of aryl methyl sites for hydroxylation is 3. The molecule has 4 aromatic rings. The van der Waals surface area contributed by atoms with Crippen molar-refractivity contribution in [3.05, 3.63) is 82.5 Å². The van der Waals surface area contributed by atoms with E-state index in [1.54, 1.807) is 4.68 Å². The molecule has 0 radical (unpaired) electrons. The van der Waals surface area contributed by atoms with Crippen LogP contribution in [-0.2, 0) is 0 Å². The number of nitrogens with one attached hydrogen (secondary N) is 1. The van der Waals surface area contributed by atoms with Gasteiger partial charge in [0.2, 0.25) is 0 Å². The fraction of sp³-hybridized carbons (Fsp3) is 0.240. The second-order valence-electron chi connectivity index (χ2n) is 8.08. The molecule has 5 nitrogen and oxygen atoms in total. The molecular formula is C25H26N4O. The van der Waals surface area contributed by atoms with Crippen LogP contribution in [-0.4, -0.2) is 20.7 Å². The van der Waals surface area contributed by atoms with Crippen LogP contribution in [0.4, 0.5) is 5.82 Å². The molecule has 2 aromatic carbocycles. The Morgan fingerprint density at radius 3 is 2.40 bits per heavy atom. The molecule has 2 heterocycles. The maximum atomic E-state index is 12.8. The number of pyridine rings is 1. The largest absolute Gasteiger partial charge is 0.306 e. The van der Waals surface area contributed by atoms with Crippen LogP contribution in [0.3, 0.4) is 0 Å². The summed E-state index contributed by atoms with van der Waals surface area (Å²) in [6.07, 6.45) is 0. The van der Waals surface area contributed by atoms with E-state index in [2.05, 4.69) is 50.2 Å². The highest BCUT2D eigenvalue weighted by Crippen LogP contribution is 2.25. The molecule has 0 atom stereocenters. The number of rotatable bonds is 4. The highest BCUT2D eigenvalue weighted by atomic mass is 16.1. The number of hydrogen-bond acceptors (Lipinski definition) is 3. The lowest BCUT2D eigenvalue weighted by molar-refractivity contribution is 0.102. The van der Waals surface area contributed by atoms with Gasteiger partial charge in [0.05, 0.1) is 11.2 Å². The van der Waals surface area contributed by atoms with Crippen molar-refractivity contribution >= 4 is 22.6 Å². The van der Waals surface area contributed by atoms with Crippen LogP contribution in [0.15, 0.2) is 54.6 Å². The van der Waals surface area contributed by atoms with Gasteiger partial charge in [0.25, 0.3) is 5.91 Å². The van der Waals surface area contributed by atoms with Crippen LogP contribution in [0.25, 0.3) is 16.7 Å². The second kappa shape index (κ2) is 7.75. The Hall–Kier alpha value is -3.47. The van der Waals surface area contributed by atoms with Crippen molar-refractivity contribution in [2.24, 2.45) is 0 Å². The van der Waals surface area contributed by atoms with Crippen molar-refractivity contribution in [3.8, 4) is 5.82 Å². The van der Waals surface area contributed by atoms with Crippen LogP contribution < -0.4 is 5.32 Å². The number of hydrogen-bond donors (Lipinski definition) is 1. The third-order valence-corrected chi connectivity index (χ3v) is 5.36. The maximum Gasteiger partial charge on any atom is 0.256 e. The Kier molecular flexibility index (Phi) is 5.12. The predicted molar refractivity (Wildman–Crippen MR) is 122 cm³/mol. The van der Waals surface area contributed by atoms with Gasteiger partial charge in [0, 0.05) is 17.0 Å². The molecule has 0 unspecified atom stereocenters. The number of carbonyl (C=O) groups excluding carboxylic acids is 1. The molecule has 0 saturated carbocycles. The first-order valence-corrected chi connectivity index (χ1v) is 10.2. The zero-order chi connectivity index (χ0) is 21.4. The predicted octanol–water partition coefficient (Wildman–Crippen LogP) is 5.72. The number of nitrogens with zero attached hydrogens (tertiary/aromatic N) is 3. The summed E-state index contributed by atoms with van der Waals surface area (Å²) in [5, 5.41) is 8.70. The summed E-state index contributed by atoms with van der Waals surface area (Å²) >= 11 is 0. The Morgan fingerprint density at radius 1 is 0.967 bits per heavy atom. The number of amides is 1. The quantitative estimate of drug-likeness (QED) is 0.478. The van der Waals surface area contributed by atoms with Gasteiger partial charge < -0.3 is 5.32 Å². The molecule has 0 spiro atoms. The molecule has 4 rings (SSSR count). The zero-order valence-electron chi connectivity index (χ0n) is 18.0. The van der Waals surface area contributed by atoms with Crippen LogP contribution in [0.5, 0.6) is 0 Å².